The van der Waals surface area contributed by atoms with Gasteiger partial charge in [0.05, 0.1) is 12.4 Å². The fourth-order valence-corrected chi connectivity index (χ4v) is 1.95. The molecule has 84 valence electrons. The Labute approximate surface area is 103 Å². The van der Waals surface area contributed by atoms with Crippen molar-refractivity contribution in [2.45, 2.75) is 19.4 Å². The van der Waals surface area contributed by atoms with Gasteiger partial charge in [-0.1, -0.05) is 28.1 Å². The van der Waals surface area contributed by atoms with Crippen molar-refractivity contribution in [1.82, 2.24) is 0 Å². The van der Waals surface area contributed by atoms with E-state index in [1.165, 1.54) is 0 Å². The Hall–Kier alpha value is -1.06. The SMILES string of the molecule is Cc1ccc(C(O)Cc2ccco2)cc1Br. The molecule has 1 aromatic heterocycles. The van der Waals surface area contributed by atoms with E-state index in [9.17, 15) is 5.11 Å². The van der Waals surface area contributed by atoms with Crippen molar-refractivity contribution >= 4 is 15.9 Å². The summed E-state index contributed by atoms with van der Waals surface area (Å²) in [6.45, 7) is 2.02. The number of hydrogen-bond donors (Lipinski definition) is 1. The molecule has 0 fully saturated rings. The van der Waals surface area contributed by atoms with E-state index in [-0.39, 0.29) is 0 Å². The lowest BCUT2D eigenvalue weighted by Crippen LogP contribution is -2.01. The van der Waals surface area contributed by atoms with Crippen LogP contribution in [0, 0.1) is 6.92 Å². The predicted molar refractivity (Wildman–Crippen MR) is 66.3 cm³/mol. The second-order valence-electron chi connectivity index (χ2n) is 3.81. The molecule has 1 N–H and O–H groups in total. The lowest BCUT2D eigenvalue weighted by Gasteiger charge is -2.10. The van der Waals surface area contributed by atoms with Gasteiger partial charge in [-0.25, -0.2) is 0 Å². The second kappa shape index (κ2) is 4.85. The molecule has 0 aliphatic carbocycles. The molecule has 1 atom stereocenters. The highest BCUT2D eigenvalue weighted by atomic mass is 79.9. The number of hydrogen-bond acceptors (Lipinski definition) is 2. The van der Waals surface area contributed by atoms with Gasteiger partial charge in [-0.15, -0.1) is 0 Å². The van der Waals surface area contributed by atoms with Gasteiger partial charge in [0.25, 0.3) is 0 Å². The zero-order chi connectivity index (χ0) is 11.5. The van der Waals surface area contributed by atoms with Gasteiger partial charge in [0.2, 0.25) is 0 Å². The number of rotatable bonds is 3. The maximum absolute atomic E-state index is 10.0. The molecule has 2 nitrogen and oxygen atoms in total. The molecule has 0 saturated heterocycles. The minimum absolute atomic E-state index is 0.502. The molecule has 0 saturated carbocycles. The highest BCUT2D eigenvalue weighted by Crippen LogP contribution is 2.24. The average Bonchev–Trinajstić information content (AvgIpc) is 2.74. The zero-order valence-electron chi connectivity index (χ0n) is 8.98. The first-order valence-electron chi connectivity index (χ1n) is 5.13. The molecule has 0 bridgehead atoms. The van der Waals surface area contributed by atoms with E-state index in [4.69, 9.17) is 4.42 Å². The number of benzene rings is 1. The van der Waals surface area contributed by atoms with E-state index in [0.29, 0.717) is 6.42 Å². The fourth-order valence-electron chi connectivity index (χ4n) is 1.55. The van der Waals surface area contributed by atoms with E-state index >= 15 is 0 Å². The maximum Gasteiger partial charge on any atom is 0.106 e. The van der Waals surface area contributed by atoms with Crippen molar-refractivity contribution in [3.63, 3.8) is 0 Å². The Morgan fingerprint density at radius 2 is 2.19 bits per heavy atom. The van der Waals surface area contributed by atoms with Crippen LogP contribution in [0.3, 0.4) is 0 Å². The van der Waals surface area contributed by atoms with Crippen LogP contribution in [0.2, 0.25) is 0 Å². The van der Waals surface area contributed by atoms with Gasteiger partial charge in [0.15, 0.2) is 0 Å². The van der Waals surface area contributed by atoms with Gasteiger partial charge in [-0.2, -0.15) is 0 Å². The third kappa shape index (κ3) is 2.54. The second-order valence-corrected chi connectivity index (χ2v) is 4.66. The smallest absolute Gasteiger partial charge is 0.106 e. The molecule has 1 aromatic carbocycles. The zero-order valence-corrected chi connectivity index (χ0v) is 10.6. The van der Waals surface area contributed by atoms with Crippen LogP contribution in [-0.4, -0.2) is 5.11 Å². The Morgan fingerprint density at radius 1 is 1.38 bits per heavy atom. The van der Waals surface area contributed by atoms with Gasteiger partial charge in [0.1, 0.15) is 5.76 Å². The predicted octanol–water partition coefficient (Wildman–Crippen LogP) is 3.63. The van der Waals surface area contributed by atoms with Crippen LogP contribution in [0.15, 0.2) is 45.5 Å². The summed E-state index contributed by atoms with van der Waals surface area (Å²) >= 11 is 3.46. The Bertz CT molecular complexity index is 463. The topological polar surface area (TPSA) is 33.4 Å². The summed E-state index contributed by atoms with van der Waals surface area (Å²) in [5, 5.41) is 10.0. The summed E-state index contributed by atoms with van der Waals surface area (Å²) in [4.78, 5) is 0. The van der Waals surface area contributed by atoms with E-state index in [0.717, 1.165) is 21.4 Å². The van der Waals surface area contributed by atoms with Gasteiger partial charge < -0.3 is 9.52 Å². The monoisotopic (exact) mass is 280 g/mol. The van der Waals surface area contributed by atoms with E-state index in [1.807, 2.05) is 37.3 Å². The summed E-state index contributed by atoms with van der Waals surface area (Å²) in [6.07, 6.45) is 1.60. The first kappa shape index (κ1) is 11.4. The molecule has 0 radical (unpaired) electrons. The molecule has 0 amide bonds. The molecule has 2 rings (SSSR count). The molecule has 2 aromatic rings. The molecule has 1 heterocycles. The van der Waals surface area contributed by atoms with Crippen LogP contribution >= 0.6 is 15.9 Å². The summed E-state index contributed by atoms with van der Waals surface area (Å²) in [5.74, 6) is 0.796. The largest absolute Gasteiger partial charge is 0.469 e. The van der Waals surface area contributed by atoms with E-state index in [1.54, 1.807) is 6.26 Å². The normalized spacial score (nSPS) is 12.7. The standard InChI is InChI=1S/C13H13BrO2/c1-9-4-5-10(7-12(9)14)13(15)8-11-3-2-6-16-11/h2-7,13,15H,8H2,1H3. The molecular weight excluding hydrogens is 268 g/mol. The summed E-state index contributed by atoms with van der Waals surface area (Å²) in [5.41, 5.74) is 2.06. The number of aliphatic hydroxyl groups is 1. The van der Waals surface area contributed by atoms with Crippen molar-refractivity contribution in [2.75, 3.05) is 0 Å². The molecule has 16 heavy (non-hydrogen) atoms. The lowest BCUT2D eigenvalue weighted by atomic mass is 10.0. The fraction of sp³-hybridized carbons (Fsp3) is 0.231. The van der Waals surface area contributed by atoms with Crippen molar-refractivity contribution in [1.29, 1.82) is 0 Å². The van der Waals surface area contributed by atoms with Crippen LogP contribution in [0.4, 0.5) is 0 Å². The number of aliphatic hydroxyl groups excluding tert-OH is 1. The van der Waals surface area contributed by atoms with Crippen molar-refractivity contribution in [3.8, 4) is 0 Å². The van der Waals surface area contributed by atoms with Crippen molar-refractivity contribution in [2.24, 2.45) is 0 Å². The molecule has 0 aliphatic rings. The average molecular weight is 281 g/mol. The van der Waals surface area contributed by atoms with Crippen LogP contribution < -0.4 is 0 Å². The Kier molecular flexibility index (Phi) is 3.46. The third-order valence-corrected chi connectivity index (χ3v) is 3.41. The highest BCUT2D eigenvalue weighted by Gasteiger charge is 2.11. The minimum Gasteiger partial charge on any atom is -0.469 e. The van der Waals surface area contributed by atoms with Crippen LogP contribution in [0.1, 0.15) is 23.0 Å². The molecule has 3 heteroatoms. The third-order valence-electron chi connectivity index (χ3n) is 2.56. The highest BCUT2D eigenvalue weighted by molar-refractivity contribution is 9.10. The van der Waals surface area contributed by atoms with Gasteiger partial charge >= 0.3 is 0 Å². The summed E-state index contributed by atoms with van der Waals surface area (Å²) < 4.78 is 6.23. The molecule has 0 spiro atoms. The van der Waals surface area contributed by atoms with Gasteiger partial charge in [-0.05, 0) is 36.2 Å². The summed E-state index contributed by atoms with van der Waals surface area (Å²) in [6, 6.07) is 9.57. The van der Waals surface area contributed by atoms with Crippen LogP contribution in [0.25, 0.3) is 0 Å². The number of furan rings is 1. The quantitative estimate of drug-likeness (QED) is 0.932. The first-order chi connectivity index (χ1) is 7.66. The Morgan fingerprint density at radius 3 is 2.81 bits per heavy atom. The molecule has 0 aliphatic heterocycles. The molecular formula is C13H13BrO2. The molecule has 1 unspecified atom stereocenters. The van der Waals surface area contributed by atoms with Gasteiger partial charge in [0, 0.05) is 10.9 Å². The van der Waals surface area contributed by atoms with E-state index in [2.05, 4.69) is 15.9 Å². The van der Waals surface area contributed by atoms with Gasteiger partial charge in [-0.3, -0.25) is 0 Å². The Balaban J connectivity index is 2.14. The number of halogens is 1. The van der Waals surface area contributed by atoms with Crippen molar-refractivity contribution < 1.29 is 9.52 Å². The van der Waals surface area contributed by atoms with Crippen LogP contribution in [-0.2, 0) is 6.42 Å². The minimum atomic E-state index is -0.525. The van der Waals surface area contributed by atoms with E-state index < -0.39 is 6.10 Å². The maximum atomic E-state index is 10.0. The first-order valence-corrected chi connectivity index (χ1v) is 5.92. The summed E-state index contributed by atoms with van der Waals surface area (Å²) in [7, 11) is 0. The number of aryl methyl sites for hydroxylation is 1. The van der Waals surface area contributed by atoms with Crippen molar-refractivity contribution in [3.05, 3.63) is 58.0 Å². The van der Waals surface area contributed by atoms with Crippen LogP contribution in [0.5, 0.6) is 0 Å². The lowest BCUT2D eigenvalue weighted by molar-refractivity contribution is 0.170.